The van der Waals surface area contributed by atoms with Crippen molar-refractivity contribution in [3.8, 4) is 0 Å². The minimum absolute atomic E-state index is 0.0585. The first-order valence-corrected chi connectivity index (χ1v) is 7.58. The fourth-order valence-corrected chi connectivity index (χ4v) is 3.34. The van der Waals surface area contributed by atoms with E-state index < -0.39 is 0 Å². The normalized spacial score (nSPS) is 21.6. The van der Waals surface area contributed by atoms with Gasteiger partial charge in [0.05, 0.1) is 24.6 Å². The second-order valence-electron chi connectivity index (χ2n) is 5.90. The minimum Gasteiger partial charge on any atom is -0.390 e. The molecule has 2 fully saturated rings. The average Bonchev–Trinajstić information content (AvgIpc) is 2.91. The summed E-state index contributed by atoms with van der Waals surface area (Å²) in [5.41, 5.74) is 1.92. The average molecular weight is 295 g/mol. The molecule has 5 nitrogen and oxygen atoms in total. The van der Waals surface area contributed by atoms with Crippen LogP contribution in [0.25, 0.3) is 0 Å². The first-order chi connectivity index (χ1) is 9.63. The van der Waals surface area contributed by atoms with Crippen molar-refractivity contribution in [1.29, 1.82) is 0 Å². The topological polar surface area (TPSA) is 61.4 Å². The van der Waals surface area contributed by atoms with Gasteiger partial charge in [0, 0.05) is 19.7 Å². The molecular formula is C14H21N3O2S. The van der Waals surface area contributed by atoms with Gasteiger partial charge in [0.25, 0.3) is 0 Å². The molecule has 3 rings (SSSR count). The summed E-state index contributed by atoms with van der Waals surface area (Å²) >= 11 is 5.19. The molecule has 2 aliphatic rings. The Labute approximate surface area is 124 Å². The van der Waals surface area contributed by atoms with Gasteiger partial charge in [-0.2, -0.15) is 0 Å². The third-order valence-electron chi connectivity index (χ3n) is 4.60. The zero-order valence-corrected chi connectivity index (χ0v) is 12.6. The number of hydrogen-bond acceptors (Lipinski definition) is 5. The number of aliphatic hydroxyl groups is 1. The monoisotopic (exact) mass is 295 g/mol. The lowest BCUT2D eigenvalue weighted by Crippen LogP contribution is -2.41. The molecule has 6 heteroatoms. The first-order valence-electron chi connectivity index (χ1n) is 7.17. The molecule has 0 aromatic carbocycles. The van der Waals surface area contributed by atoms with Gasteiger partial charge in [0.2, 0.25) is 0 Å². The van der Waals surface area contributed by atoms with Crippen molar-refractivity contribution in [1.82, 2.24) is 9.97 Å². The van der Waals surface area contributed by atoms with Crippen LogP contribution in [0.15, 0.2) is 0 Å². The fraction of sp³-hybridized carbons (Fsp3) is 0.714. The molecule has 0 saturated carbocycles. The second-order valence-corrected chi connectivity index (χ2v) is 6.31. The largest absolute Gasteiger partial charge is 0.390 e. The number of piperidine rings is 1. The molecular weight excluding hydrogens is 274 g/mol. The van der Waals surface area contributed by atoms with Crippen LogP contribution in [0.4, 0.5) is 5.82 Å². The smallest absolute Gasteiger partial charge is 0.150 e. The van der Waals surface area contributed by atoms with Crippen LogP contribution in [0.3, 0.4) is 0 Å². The molecule has 0 radical (unpaired) electrons. The summed E-state index contributed by atoms with van der Waals surface area (Å²) in [5.74, 6) is 0.854. The lowest BCUT2D eigenvalue weighted by atomic mass is 9.78. The summed E-state index contributed by atoms with van der Waals surface area (Å²) in [4.78, 5) is 9.93. The number of nitrogens with one attached hydrogen (secondary N) is 1. The molecule has 110 valence electrons. The highest BCUT2D eigenvalue weighted by Gasteiger charge is 2.38. The Hall–Kier alpha value is -0.980. The predicted molar refractivity (Wildman–Crippen MR) is 79.4 cm³/mol. The Kier molecular flexibility index (Phi) is 3.79. The number of ether oxygens (including phenoxy) is 1. The van der Waals surface area contributed by atoms with Crippen molar-refractivity contribution in [2.24, 2.45) is 5.41 Å². The van der Waals surface area contributed by atoms with Crippen molar-refractivity contribution in [2.75, 3.05) is 31.2 Å². The highest BCUT2D eigenvalue weighted by Crippen LogP contribution is 2.40. The molecule has 1 aromatic rings. The van der Waals surface area contributed by atoms with Gasteiger partial charge in [-0.1, -0.05) is 12.2 Å². The van der Waals surface area contributed by atoms with E-state index in [2.05, 4.69) is 14.9 Å². The second kappa shape index (κ2) is 5.42. The molecule has 1 spiro atoms. The van der Waals surface area contributed by atoms with E-state index in [-0.39, 0.29) is 6.61 Å². The number of aliphatic hydroxyl groups excluding tert-OH is 1. The van der Waals surface area contributed by atoms with E-state index in [4.69, 9.17) is 17.0 Å². The van der Waals surface area contributed by atoms with Gasteiger partial charge >= 0.3 is 0 Å². The Morgan fingerprint density at radius 1 is 1.40 bits per heavy atom. The lowest BCUT2D eigenvalue weighted by molar-refractivity contribution is 0.133. The predicted octanol–water partition coefficient (Wildman–Crippen LogP) is 1.95. The Morgan fingerprint density at radius 3 is 2.75 bits per heavy atom. The van der Waals surface area contributed by atoms with Gasteiger partial charge < -0.3 is 19.7 Å². The van der Waals surface area contributed by atoms with Crippen LogP contribution in [-0.4, -0.2) is 41.4 Å². The fourth-order valence-electron chi connectivity index (χ4n) is 3.17. The molecule has 0 atom stereocenters. The summed E-state index contributed by atoms with van der Waals surface area (Å²) in [6.45, 7) is 5.58. The van der Waals surface area contributed by atoms with E-state index in [9.17, 15) is 5.11 Å². The molecule has 0 aliphatic carbocycles. The maximum atomic E-state index is 9.51. The highest BCUT2D eigenvalue weighted by atomic mass is 32.1. The van der Waals surface area contributed by atoms with Gasteiger partial charge in [0.1, 0.15) is 4.64 Å². The summed E-state index contributed by atoms with van der Waals surface area (Å²) in [7, 11) is 0. The van der Waals surface area contributed by atoms with Crippen molar-refractivity contribution >= 4 is 18.0 Å². The van der Waals surface area contributed by atoms with Crippen molar-refractivity contribution in [3.63, 3.8) is 0 Å². The SMILES string of the molecule is Cc1nc(N2CCC3(CCOC3)CC2)c(CO)[nH]c1=S. The third kappa shape index (κ3) is 2.47. The van der Waals surface area contributed by atoms with Gasteiger partial charge in [-0.3, -0.25) is 0 Å². The zero-order valence-electron chi connectivity index (χ0n) is 11.8. The van der Waals surface area contributed by atoms with E-state index in [1.165, 1.54) is 6.42 Å². The van der Waals surface area contributed by atoms with Crippen LogP contribution >= 0.6 is 12.2 Å². The summed E-state index contributed by atoms with van der Waals surface area (Å²) in [5, 5.41) is 9.51. The summed E-state index contributed by atoms with van der Waals surface area (Å²) in [6.07, 6.45) is 3.44. The van der Waals surface area contributed by atoms with Crippen LogP contribution in [0, 0.1) is 17.0 Å². The van der Waals surface area contributed by atoms with Crippen LogP contribution < -0.4 is 4.90 Å². The van der Waals surface area contributed by atoms with E-state index >= 15 is 0 Å². The van der Waals surface area contributed by atoms with Crippen LogP contribution in [0.1, 0.15) is 30.7 Å². The molecule has 20 heavy (non-hydrogen) atoms. The minimum atomic E-state index is -0.0585. The summed E-state index contributed by atoms with van der Waals surface area (Å²) < 4.78 is 6.17. The van der Waals surface area contributed by atoms with E-state index in [0.717, 1.165) is 56.4 Å². The molecule has 2 N–H and O–H groups in total. The lowest BCUT2D eigenvalue weighted by Gasteiger charge is -2.39. The Bertz CT molecular complexity index is 542. The number of anilines is 1. The van der Waals surface area contributed by atoms with E-state index in [0.29, 0.717) is 10.1 Å². The van der Waals surface area contributed by atoms with Crippen molar-refractivity contribution in [3.05, 3.63) is 16.0 Å². The number of rotatable bonds is 2. The molecule has 3 heterocycles. The van der Waals surface area contributed by atoms with Gasteiger partial charge in [-0.25, -0.2) is 4.98 Å². The van der Waals surface area contributed by atoms with Crippen molar-refractivity contribution in [2.45, 2.75) is 32.8 Å². The maximum Gasteiger partial charge on any atom is 0.150 e. The molecule has 2 saturated heterocycles. The molecule has 0 amide bonds. The number of nitrogens with zero attached hydrogens (tertiary/aromatic N) is 2. The zero-order chi connectivity index (χ0) is 14.2. The summed E-state index contributed by atoms with van der Waals surface area (Å²) in [6, 6.07) is 0. The van der Waals surface area contributed by atoms with Gasteiger partial charge in [-0.15, -0.1) is 0 Å². The quantitative estimate of drug-likeness (QED) is 0.817. The number of H-pyrrole nitrogens is 1. The number of aromatic amines is 1. The Balaban J connectivity index is 1.81. The number of hydrogen-bond donors (Lipinski definition) is 2. The highest BCUT2D eigenvalue weighted by molar-refractivity contribution is 7.71. The number of aromatic nitrogens is 2. The van der Waals surface area contributed by atoms with E-state index in [1.54, 1.807) is 0 Å². The van der Waals surface area contributed by atoms with Crippen LogP contribution in [0.5, 0.6) is 0 Å². The molecule has 2 aliphatic heterocycles. The Morgan fingerprint density at radius 2 is 2.15 bits per heavy atom. The first kappa shape index (κ1) is 14.0. The molecule has 0 bridgehead atoms. The van der Waals surface area contributed by atoms with Crippen molar-refractivity contribution < 1.29 is 9.84 Å². The number of aryl methyl sites for hydroxylation is 1. The standard InChI is InChI=1S/C14H21N3O2S/c1-10-13(20)16-11(8-18)12(15-10)17-5-2-14(3-6-17)4-7-19-9-14/h18H,2-9H2,1H3,(H,16,20). The van der Waals surface area contributed by atoms with Crippen LogP contribution in [0.2, 0.25) is 0 Å². The van der Waals surface area contributed by atoms with Gasteiger partial charge in [-0.05, 0) is 31.6 Å². The van der Waals surface area contributed by atoms with Gasteiger partial charge in [0.15, 0.2) is 5.82 Å². The third-order valence-corrected chi connectivity index (χ3v) is 5.00. The van der Waals surface area contributed by atoms with E-state index in [1.807, 2.05) is 6.92 Å². The molecule has 1 aromatic heterocycles. The maximum absolute atomic E-state index is 9.51. The molecule has 0 unspecified atom stereocenters. The van der Waals surface area contributed by atoms with Crippen LogP contribution in [-0.2, 0) is 11.3 Å².